The Morgan fingerprint density at radius 1 is 0.962 bits per heavy atom. The van der Waals surface area contributed by atoms with E-state index in [2.05, 4.69) is 29.6 Å². The van der Waals surface area contributed by atoms with Gasteiger partial charge in [0.05, 0.1) is 7.11 Å². The summed E-state index contributed by atoms with van der Waals surface area (Å²) in [6.45, 7) is 1.75. The summed E-state index contributed by atoms with van der Waals surface area (Å²) in [5.41, 5.74) is 3.55. The second kappa shape index (κ2) is 6.71. The van der Waals surface area contributed by atoms with E-state index >= 15 is 0 Å². The number of anilines is 1. The van der Waals surface area contributed by atoms with Gasteiger partial charge < -0.3 is 14.8 Å². The van der Waals surface area contributed by atoms with Crippen molar-refractivity contribution in [3.8, 4) is 11.5 Å². The van der Waals surface area contributed by atoms with Crippen LogP contribution in [-0.2, 0) is 17.6 Å². The Morgan fingerprint density at radius 3 is 2.38 bits per heavy atom. The average Bonchev–Trinajstić information content (AvgIpc) is 3.09. The molecule has 0 fully saturated rings. The van der Waals surface area contributed by atoms with Crippen LogP contribution in [0.15, 0.2) is 54.6 Å². The lowest BCUT2D eigenvalue weighted by Crippen LogP contribution is -2.30. The Morgan fingerprint density at radius 2 is 1.65 bits per heavy atom. The number of carbonyl (C=O) groups is 1. The molecule has 0 saturated carbocycles. The second-order valence-corrected chi connectivity index (χ2v) is 6.54. The number of amides is 1. The molecule has 0 spiro atoms. The zero-order valence-electron chi connectivity index (χ0n) is 14.9. The first kappa shape index (κ1) is 16.5. The summed E-state index contributed by atoms with van der Waals surface area (Å²) in [4.78, 5) is 12.6. The molecule has 1 N–H and O–H groups in total. The zero-order chi connectivity index (χ0) is 18.1. The maximum absolute atomic E-state index is 12.6. The van der Waals surface area contributed by atoms with Gasteiger partial charge >= 0.3 is 0 Å². The number of benzene rings is 3. The highest BCUT2D eigenvalue weighted by atomic mass is 16.5. The molecule has 1 aliphatic rings. The Kier molecular flexibility index (Phi) is 4.25. The highest BCUT2D eigenvalue weighted by Crippen LogP contribution is 2.35. The molecule has 4 heteroatoms. The van der Waals surface area contributed by atoms with Gasteiger partial charge in [-0.15, -0.1) is 0 Å². The van der Waals surface area contributed by atoms with E-state index in [4.69, 9.17) is 9.47 Å². The van der Waals surface area contributed by atoms with Gasteiger partial charge in [-0.1, -0.05) is 24.3 Å². The molecule has 1 amide bonds. The maximum atomic E-state index is 12.6. The van der Waals surface area contributed by atoms with Crippen LogP contribution in [0.1, 0.15) is 18.1 Å². The van der Waals surface area contributed by atoms with Gasteiger partial charge in [-0.2, -0.15) is 0 Å². The lowest BCUT2D eigenvalue weighted by molar-refractivity contribution is -0.122. The van der Waals surface area contributed by atoms with E-state index < -0.39 is 6.10 Å². The number of rotatable bonds is 5. The molecule has 3 aromatic rings. The first-order valence-corrected chi connectivity index (χ1v) is 8.81. The van der Waals surface area contributed by atoms with Crippen molar-refractivity contribution in [1.29, 1.82) is 0 Å². The Hall–Kier alpha value is -3.01. The van der Waals surface area contributed by atoms with Crippen LogP contribution in [0.5, 0.6) is 11.5 Å². The number of hydrogen-bond donors (Lipinski definition) is 1. The van der Waals surface area contributed by atoms with Gasteiger partial charge in [0, 0.05) is 11.1 Å². The zero-order valence-corrected chi connectivity index (χ0v) is 14.9. The highest BCUT2D eigenvalue weighted by Gasteiger charge is 2.19. The molecule has 4 nitrogen and oxygen atoms in total. The molecule has 132 valence electrons. The van der Waals surface area contributed by atoms with E-state index in [-0.39, 0.29) is 5.91 Å². The minimum absolute atomic E-state index is 0.167. The first-order chi connectivity index (χ1) is 12.7. The van der Waals surface area contributed by atoms with Gasteiger partial charge in [0.2, 0.25) is 0 Å². The van der Waals surface area contributed by atoms with Crippen LogP contribution in [0.25, 0.3) is 10.8 Å². The molecule has 0 radical (unpaired) electrons. The molecular weight excluding hydrogens is 326 g/mol. The molecule has 0 bridgehead atoms. The van der Waals surface area contributed by atoms with Crippen LogP contribution in [-0.4, -0.2) is 19.1 Å². The van der Waals surface area contributed by atoms with Crippen LogP contribution in [0.3, 0.4) is 0 Å². The number of aryl methyl sites for hydroxylation is 2. The third kappa shape index (κ3) is 2.99. The van der Waals surface area contributed by atoms with Crippen molar-refractivity contribution in [2.45, 2.75) is 25.9 Å². The largest absolute Gasteiger partial charge is 0.497 e. The quantitative estimate of drug-likeness (QED) is 0.746. The minimum atomic E-state index is -0.605. The fourth-order valence-electron chi connectivity index (χ4n) is 3.50. The topological polar surface area (TPSA) is 47.6 Å². The Balaban J connectivity index is 1.52. The van der Waals surface area contributed by atoms with Crippen molar-refractivity contribution >= 4 is 22.4 Å². The summed E-state index contributed by atoms with van der Waals surface area (Å²) in [5.74, 6) is 1.22. The fraction of sp³-hybridized carbons (Fsp3) is 0.227. The minimum Gasteiger partial charge on any atom is -0.497 e. The molecule has 4 rings (SSSR count). The van der Waals surface area contributed by atoms with Crippen LogP contribution >= 0.6 is 0 Å². The number of nitrogens with one attached hydrogen (secondary N) is 1. The summed E-state index contributed by atoms with van der Waals surface area (Å²) in [5, 5.41) is 5.41. The first-order valence-electron chi connectivity index (χ1n) is 8.81. The van der Waals surface area contributed by atoms with Crippen molar-refractivity contribution in [3.63, 3.8) is 0 Å². The van der Waals surface area contributed by atoms with Gasteiger partial charge in [-0.25, -0.2) is 0 Å². The maximum Gasteiger partial charge on any atom is 0.265 e. The number of carbonyl (C=O) groups excluding carboxylic acids is 1. The number of methoxy groups -OCH3 is 1. The van der Waals surface area contributed by atoms with Crippen LogP contribution in [0.4, 0.5) is 5.69 Å². The molecule has 3 aromatic carbocycles. The molecule has 0 aliphatic heterocycles. The third-order valence-corrected chi connectivity index (χ3v) is 4.88. The monoisotopic (exact) mass is 347 g/mol. The SMILES string of the molecule is COc1ccc(OC(C)C(=O)Nc2ccc3c4c(cccc24)CC3)cc1. The summed E-state index contributed by atoms with van der Waals surface area (Å²) >= 11 is 0. The fourth-order valence-corrected chi connectivity index (χ4v) is 3.50. The molecule has 26 heavy (non-hydrogen) atoms. The molecule has 0 saturated heterocycles. The molecule has 0 heterocycles. The summed E-state index contributed by atoms with van der Waals surface area (Å²) in [6, 6.07) is 17.6. The van der Waals surface area contributed by atoms with Crippen LogP contribution < -0.4 is 14.8 Å². The standard InChI is InChI=1S/C22H21NO3/c1-14(26-18-11-9-17(25-2)10-12-18)22(24)23-20-13-8-16-7-6-15-4-3-5-19(20)21(15)16/h3-5,8-14H,6-7H2,1-2H3,(H,23,24). The van der Waals surface area contributed by atoms with E-state index in [0.717, 1.165) is 29.7 Å². The lowest BCUT2D eigenvalue weighted by Gasteiger charge is -2.16. The molecular formula is C22H21NO3. The Labute approximate surface area is 152 Å². The van der Waals surface area contributed by atoms with Crippen molar-refractivity contribution in [2.24, 2.45) is 0 Å². The molecule has 1 atom stereocenters. The second-order valence-electron chi connectivity index (χ2n) is 6.54. The summed E-state index contributed by atoms with van der Waals surface area (Å²) in [6.07, 6.45) is 1.54. The third-order valence-electron chi connectivity index (χ3n) is 4.88. The van der Waals surface area contributed by atoms with Gasteiger partial charge in [0.25, 0.3) is 5.91 Å². The van der Waals surface area contributed by atoms with Gasteiger partial charge in [0.1, 0.15) is 11.5 Å². The summed E-state index contributed by atoms with van der Waals surface area (Å²) < 4.78 is 10.9. The van der Waals surface area contributed by atoms with Gasteiger partial charge in [0.15, 0.2) is 6.10 Å². The normalized spacial score (nSPS) is 13.5. The van der Waals surface area contributed by atoms with E-state index in [9.17, 15) is 4.79 Å². The number of hydrogen-bond acceptors (Lipinski definition) is 3. The predicted octanol–water partition coefficient (Wildman–Crippen LogP) is 4.35. The Bertz CT molecular complexity index is 953. The van der Waals surface area contributed by atoms with Gasteiger partial charge in [-0.3, -0.25) is 4.79 Å². The number of ether oxygens (including phenoxy) is 2. The van der Waals surface area contributed by atoms with Gasteiger partial charge in [-0.05, 0) is 66.6 Å². The average molecular weight is 347 g/mol. The highest BCUT2D eigenvalue weighted by molar-refractivity contribution is 6.06. The predicted molar refractivity (Wildman–Crippen MR) is 103 cm³/mol. The molecule has 1 unspecified atom stereocenters. The van der Waals surface area contributed by atoms with Crippen molar-refractivity contribution in [3.05, 3.63) is 65.7 Å². The van der Waals surface area contributed by atoms with E-state index in [0.29, 0.717) is 5.75 Å². The van der Waals surface area contributed by atoms with Crippen LogP contribution in [0, 0.1) is 0 Å². The smallest absolute Gasteiger partial charge is 0.265 e. The van der Waals surface area contributed by atoms with E-state index in [1.165, 1.54) is 16.5 Å². The lowest BCUT2D eigenvalue weighted by atomic mass is 10.0. The van der Waals surface area contributed by atoms with Crippen molar-refractivity contribution < 1.29 is 14.3 Å². The molecule has 1 aliphatic carbocycles. The van der Waals surface area contributed by atoms with Crippen molar-refractivity contribution in [2.75, 3.05) is 12.4 Å². The van der Waals surface area contributed by atoms with Crippen molar-refractivity contribution in [1.82, 2.24) is 0 Å². The molecule has 0 aromatic heterocycles. The van der Waals surface area contributed by atoms with E-state index in [1.54, 1.807) is 26.2 Å². The summed E-state index contributed by atoms with van der Waals surface area (Å²) in [7, 11) is 1.62. The van der Waals surface area contributed by atoms with Crippen LogP contribution in [0.2, 0.25) is 0 Å². The van der Waals surface area contributed by atoms with E-state index in [1.807, 2.05) is 18.2 Å².